The lowest BCUT2D eigenvalue weighted by Crippen LogP contribution is -2.09. The van der Waals surface area contributed by atoms with E-state index in [0.717, 1.165) is 19.0 Å². The Kier molecular flexibility index (Phi) is 6.40. The number of cyclic esters (lactones) is 1. The number of carbonyl (C=O) groups excluding carboxylic acids is 2. The average molecular weight is 618 g/mol. The third-order valence-electron chi connectivity index (χ3n) is 4.88. The molecular weight excluding hydrogens is 606 g/mol. The molecule has 168 valence electrons. The van der Waals surface area contributed by atoms with Crippen molar-refractivity contribution in [3.63, 3.8) is 0 Å². The zero-order valence-electron chi connectivity index (χ0n) is 17.1. The number of halogens is 3. The lowest BCUT2D eigenvalue weighted by atomic mass is 10.1. The third-order valence-corrected chi connectivity index (χ3v) is 7.51. The Bertz CT molecular complexity index is 1530. The lowest BCUT2D eigenvalue weighted by Gasteiger charge is -2.08. The Morgan fingerprint density at radius 3 is 2.56 bits per heavy atom. The maximum Gasteiger partial charge on any atom is 0.363 e. The fraction of sp³-hybridized carbons (Fsp3) is 0. The summed E-state index contributed by atoms with van der Waals surface area (Å²) in [7, 11) is 0. The van der Waals surface area contributed by atoms with E-state index < -0.39 is 11.9 Å². The molecule has 1 aliphatic rings. The summed E-state index contributed by atoms with van der Waals surface area (Å²) < 4.78 is 13.6. The molecule has 0 atom stereocenters. The van der Waals surface area contributed by atoms with Crippen molar-refractivity contribution in [1.29, 1.82) is 0 Å². The SMILES string of the molecule is O=C1OC(c2sc3cc(Br)ccc3c2Cl)=N/C1=C/c1cc(Br)ccc1OC(=O)c1ccccc1. The van der Waals surface area contributed by atoms with Crippen LogP contribution in [0.15, 0.2) is 86.4 Å². The van der Waals surface area contributed by atoms with Crippen LogP contribution < -0.4 is 4.74 Å². The Balaban J connectivity index is 1.50. The van der Waals surface area contributed by atoms with Crippen LogP contribution in [-0.4, -0.2) is 17.8 Å². The molecule has 0 bridgehead atoms. The molecule has 0 amide bonds. The van der Waals surface area contributed by atoms with Gasteiger partial charge in [0.2, 0.25) is 5.90 Å². The van der Waals surface area contributed by atoms with Gasteiger partial charge in [0, 0.05) is 24.6 Å². The monoisotopic (exact) mass is 615 g/mol. The average Bonchev–Trinajstić information content (AvgIpc) is 3.35. The maximum atomic E-state index is 12.6. The van der Waals surface area contributed by atoms with Gasteiger partial charge < -0.3 is 9.47 Å². The van der Waals surface area contributed by atoms with Gasteiger partial charge in [0.05, 0.1) is 10.6 Å². The minimum Gasteiger partial charge on any atom is -0.422 e. The Morgan fingerprint density at radius 2 is 1.76 bits per heavy atom. The highest BCUT2D eigenvalue weighted by atomic mass is 79.9. The number of hydrogen-bond donors (Lipinski definition) is 0. The number of hydrogen-bond acceptors (Lipinski definition) is 6. The molecule has 34 heavy (non-hydrogen) atoms. The van der Waals surface area contributed by atoms with Crippen molar-refractivity contribution in [1.82, 2.24) is 0 Å². The predicted octanol–water partition coefficient (Wildman–Crippen LogP) is 7.64. The molecule has 1 aromatic heterocycles. The molecule has 0 saturated heterocycles. The van der Waals surface area contributed by atoms with Gasteiger partial charge in [0.1, 0.15) is 10.6 Å². The summed E-state index contributed by atoms with van der Waals surface area (Å²) in [5.74, 6) is -0.712. The van der Waals surface area contributed by atoms with Crippen molar-refractivity contribution in [2.24, 2.45) is 4.99 Å². The van der Waals surface area contributed by atoms with Crippen LogP contribution in [0.3, 0.4) is 0 Å². The number of rotatable bonds is 4. The van der Waals surface area contributed by atoms with Crippen LogP contribution in [0, 0.1) is 0 Å². The maximum absolute atomic E-state index is 12.6. The van der Waals surface area contributed by atoms with Gasteiger partial charge in [-0.1, -0.05) is 67.7 Å². The molecule has 9 heteroatoms. The van der Waals surface area contributed by atoms with E-state index in [4.69, 9.17) is 21.1 Å². The molecule has 3 aromatic carbocycles. The molecule has 1 aliphatic heterocycles. The van der Waals surface area contributed by atoms with E-state index in [9.17, 15) is 9.59 Å². The van der Waals surface area contributed by atoms with Gasteiger partial charge in [-0.3, -0.25) is 0 Å². The second-order valence-electron chi connectivity index (χ2n) is 7.16. The Hall–Kier alpha value is -2.78. The van der Waals surface area contributed by atoms with Crippen molar-refractivity contribution in [3.8, 4) is 5.75 Å². The van der Waals surface area contributed by atoms with Gasteiger partial charge in [-0.25, -0.2) is 14.6 Å². The van der Waals surface area contributed by atoms with Crippen molar-refractivity contribution in [2.45, 2.75) is 0 Å². The fourth-order valence-corrected chi connectivity index (χ4v) is 5.66. The molecule has 0 unspecified atom stereocenters. The normalized spacial score (nSPS) is 14.4. The standard InChI is InChI=1S/C25H12Br2ClNO4S/c26-15-7-9-19(32-24(30)13-4-2-1-3-5-13)14(10-15)11-18-25(31)33-23(29-18)22-21(28)17-8-6-16(27)12-20(17)34-22/h1-12H/b18-11+. The zero-order valence-corrected chi connectivity index (χ0v) is 21.8. The van der Waals surface area contributed by atoms with Gasteiger partial charge in [-0.15, -0.1) is 11.3 Å². The molecule has 0 N–H and O–H groups in total. The molecule has 5 nitrogen and oxygen atoms in total. The molecule has 0 aliphatic carbocycles. The first-order chi connectivity index (χ1) is 16.4. The summed E-state index contributed by atoms with van der Waals surface area (Å²) >= 11 is 14.8. The smallest absolute Gasteiger partial charge is 0.363 e. The summed E-state index contributed by atoms with van der Waals surface area (Å²) in [6, 6.07) is 19.5. The highest BCUT2D eigenvalue weighted by Gasteiger charge is 2.28. The van der Waals surface area contributed by atoms with E-state index in [1.54, 1.807) is 42.5 Å². The minimum atomic E-state index is -0.620. The first-order valence-corrected chi connectivity index (χ1v) is 12.6. The number of nitrogens with zero attached hydrogens (tertiary/aromatic N) is 1. The molecule has 0 spiro atoms. The number of ether oxygens (including phenoxy) is 2. The summed E-state index contributed by atoms with van der Waals surface area (Å²) in [5, 5.41) is 1.32. The van der Waals surface area contributed by atoms with E-state index >= 15 is 0 Å². The van der Waals surface area contributed by atoms with E-state index in [1.165, 1.54) is 17.4 Å². The second-order valence-corrected chi connectivity index (χ2v) is 10.4. The fourth-order valence-electron chi connectivity index (χ4n) is 3.29. The third kappa shape index (κ3) is 4.59. The van der Waals surface area contributed by atoms with Crippen LogP contribution in [0.5, 0.6) is 5.75 Å². The Morgan fingerprint density at radius 1 is 1.03 bits per heavy atom. The topological polar surface area (TPSA) is 65.0 Å². The first-order valence-electron chi connectivity index (χ1n) is 9.86. The van der Waals surface area contributed by atoms with Gasteiger partial charge >= 0.3 is 11.9 Å². The number of fused-ring (bicyclic) bond motifs is 1. The van der Waals surface area contributed by atoms with E-state index in [1.807, 2.05) is 24.3 Å². The molecule has 4 aromatic rings. The molecule has 0 saturated carbocycles. The molecule has 5 rings (SSSR count). The van der Waals surface area contributed by atoms with Crippen LogP contribution in [0.25, 0.3) is 16.2 Å². The largest absolute Gasteiger partial charge is 0.422 e. The summed E-state index contributed by atoms with van der Waals surface area (Å²) in [6.07, 6.45) is 1.52. The number of esters is 2. The highest BCUT2D eigenvalue weighted by molar-refractivity contribution is 9.10. The van der Waals surface area contributed by atoms with Crippen molar-refractivity contribution >= 4 is 88.8 Å². The van der Waals surface area contributed by atoms with Gasteiger partial charge in [-0.05, 0) is 48.5 Å². The number of carbonyl (C=O) groups is 2. The van der Waals surface area contributed by atoms with Crippen molar-refractivity contribution < 1.29 is 19.1 Å². The van der Waals surface area contributed by atoms with Crippen LogP contribution in [-0.2, 0) is 9.53 Å². The predicted molar refractivity (Wildman–Crippen MR) is 141 cm³/mol. The van der Waals surface area contributed by atoms with Gasteiger partial charge in [-0.2, -0.15) is 0 Å². The highest BCUT2D eigenvalue weighted by Crippen LogP contribution is 2.39. The summed E-state index contributed by atoms with van der Waals surface area (Å²) in [5.41, 5.74) is 0.970. The van der Waals surface area contributed by atoms with Gasteiger partial charge in [0.25, 0.3) is 0 Å². The minimum absolute atomic E-state index is 0.0693. The summed E-state index contributed by atoms with van der Waals surface area (Å²) in [4.78, 5) is 30.1. The number of aliphatic imine (C=N–C) groups is 1. The molecular formula is C25H12Br2ClNO4S. The second kappa shape index (κ2) is 9.46. The van der Waals surface area contributed by atoms with Crippen LogP contribution in [0.2, 0.25) is 5.02 Å². The summed E-state index contributed by atoms with van der Waals surface area (Å²) in [6.45, 7) is 0. The van der Waals surface area contributed by atoms with Crippen molar-refractivity contribution in [3.05, 3.63) is 102 Å². The first kappa shape index (κ1) is 23.0. The molecule has 2 heterocycles. The van der Waals surface area contributed by atoms with E-state index in [-0.39, 0.29) is 17.3 Å². The Labute approximate surface area is 219 Å². The lowest BCUT2D eigenvalue weighted by molar-refractivity contribution is -0.129. The van der Waals surface area contributed by atoms with Crippen LogP contribution in [0.1, 0.15) is 20.8 Å². The zero-order chi connectivity index (χ0) is 23.8. The quantitative estimate of drug-likeness (QED) is 0.134. The molecule has 0 radical (unpaired) electrons. The number of benzene rings is 3. The molecule has 0 fully saturated rings. The van der Waals surface area contributed by atoms with Crippen LogP contribution in [0.4, 0.5) is 0 Å². The van der Waals surface area contributed by atoms with E-state index in [0.29, 0.717) is 21.0 Å². The van der Waals surface area contributed by atoms with E-state index in [2.05, 4.69) is 36.9 Å². The van der Waals surface area contributed by atoms with Crippen molar-refractivity contribution in [2.75, 3.05) is 0 Å². The van der Waals surface area contributed by atoms with Crippen LogP contribution >= 0.6 is 54.8 Å². The number of thiophene rings is 1. The van der Waals surface area contributed by atoms with Gasteiger partial charge in [0.15, 0.2) is 5.70 Å².